The van der Waals surface area contributed by atoms with Crippen molar-refractivity contribution in [3.8, 4) is 0 Å². The van der Waals surface area contributed by atoms with Crippen LogP contribution in [0.25, 0.3) is 0 Å². The van der Waals surface area contributed by atoms with E-state index in [1.54, 1.807) is 0 Å². The summed E-state index contributed by atoms with van der Waals surface area (Å²) in [7, 11) is 0. The number of hydrogen-bond acceptors (Lipinski definition) is 3. The normalized spacial score (nSPS) is 39.5. The van der Waals surface area contributed by atoms with Crippen LogP contribution >= 0.6 is 11.6 Å². The van der Waals surface area contributed by atoms with Crippen molar-refractivity contribution >= 4 is 17.6 Å². The summed E-state index contributed by atoms with van der Waals surface area (Å²) in [6.07, 6.45) is 9.79. The fourth-order valence-corrected chi connectivity index (χ4v) is 5.17. The van der Waals surface area contributed by atoms with Gasteiger partial charge in [0.1, 0.15) is 5.88 Å². The van der Waals surface area contributed by atoms with Gasteiger partial charge >= 0.3 is 5.97 Å². The first-order chi connectivity index (χ1) is 9.19. The molecule has 4 saturated carbocycles. The molecule has 0 spiro atoms. The minimum Gasteiger partial charge on any atom is -0.438 e. The van der Waals surface area contributed by atoms with Crippen molar-refractivity contribution in [2.24, 2.45) is 23.2 Å². The van der Waals surface area contributed by atoms with Crippen molar-refractivity contribution in [1.82, 2.24) is 0 Å². The van der Waals surface area contributed by atoms with Crippen LogP contribution in [0.1, 0.15) is 44.9 Å². The van der Waals surface area contributed by atoms with Gasteiger partial charge in [0.2, 0.25) is 0 Å². The highest BCUT2D eigenvalue weighted by Crippen LogP contribution is 2.61. The van der Waals surface area contributed by atoms with Gasteiger partial charge in [0.25, 0.3) is 0 Å². The largest absolute Gasteiger partial charge is 0.438 e. The molecule has 0 aromatic carbocycles. The predicted octanol–water partition coefficient (Wildman–Crippen LogP) is 3.35. The minimum absolute atomic E-state index is 0.0535. The summed E-state index contributed by atoms with van der Waals surface area (Å²) in [5.41, 5.74) is 0.547. The van der Waals surface area contributed by atoms with Crippen molar-refractivity contribution in [1.29, 1.82) is 0 Å². The molecule has 4 fully saturated rings. The van der Waals surface area contributed by atoms with Gasteiger partial charge in [0.15, 0.2) is 6.79 Å². The summed E-state index contributed by atoms with van der Waals surface area (Å²) in [6, 6.07) is 0. The number of carbonyl (C=O) groups excluding carboxylic acids is 1. The molecular weight excluding hydrogens is 264 g/mol. The third kappa shape index (κ3) is 3.08. The predicted molar refractivity (Wildman–Crippen MR) is 72.9 cm³/mol. The van der Waals surface area contributed by atoms with E-state index in [2.05, 4.69) is 0 Å². The van der Waals surface area contributed by atoms with Crippen LogP contribution < -0.4 is 0 Å². The Morgan fingerprint density at radius 2 is 1.68 bits per heavy atom. The van der Waals surface area contributed by atoms with E-state index in [0.717, 1.165) is 24.2 Å². The second-order valence-electron chi connectivity index (χ2n) is 6.84. The number of hydrogen-bond donors (Lipinski definition) is 0. The average molecular weight is 287 g/mol. The Balaban J connectivity index is 1.41. The maximum Gasteiger partial charge on any atom is 0.322 e. The molecule has 4 heteroatoms. The second-order valence-corrected chi connectivity index (χ2v) is 7.11. The summed E-state index contributed by atoms with van der Waals surface area (Å²) in [4.78, 5) is 10.9. The molecule has 0 unspecified atom stereocenters. The smallest absolute Gasteiger partial charge is 0.322 e. The highest BCUT2D eigenvalue weighted by atomic mass is 35.5. The number of rotatable bonds is 6. The lowest BCUT2D eigenvalue weighted by atomic mass is 9.49. The maximum atomic E-state index is 10.9. The molecule has 0 aliphatic heterocycles. The molecule has 0 atom stereocenters. The van der Waals surface area contributed by atoms with Gasteiger partial charge in [0, 0.05) is 0 Å². The van der Waals surface area contributed by atoms with Gasteiger partial charge in [0.05, 0.1) is 6.61 Å². The third-order valence-corrected chi connectivity index (χ3v) is 5.57. The van der Waals surface area contributed by atoms with Crippen molar-refractivity contribution in [2.75, 3.05) is 19.3 Å². The van der Waals surface area contributed by atoms with Gasteiger partial charge in [-0.1, -0.05) is 0 Å². The van der Waals surface area contributed by atoms with E-state index in [1.165, 1.54) is 38.5 Å². The van der Waals surface area contributed by atoms with Gasteiger partial charge in [-0.3, -0.25) is 4.79 Å². The summed E-state index contributed by atoms with van der Waals surface area (Å²) < 4.78 is 10.3. The topological polar surface area (TPSA) is 35.5 Å². The van der Waals surface area contributed by atoms with E-state index in [9.17, 15) is 4.79 Å². The molecule has 0 amide bonds. The Hall–Kier alpha value is -0.280. The van der Waals surface area contributed by atoms with E-state index < -0.39 is 5.97 Å². The quantitative estimate of drug-likeness (QED) is 0.325. The van der Waals surface area contributed by atoms with Crippen molar-refractivity contribution in [2.45, 2.75) is 44.9 Å². The lowest BCUT2D eigenvalue weighted by Gasteiger charge is -2.57. The van der Waals surface area contributed by atoms with Crippen LogP contribution in [0.5, 0.6) is 0 Å². The molecule has 4 bridgehead atoms. The SMILES string of the molecule is O=C(CCl)OCOCCC12CC3CC(CC(C3)C1)C2. The third-order valence-electron chi connectivity index (χ3n) is 5.35. The lowest BCUT2D eigenvalue weighted by molar-refractivity contribution is -0.154. The first-order valence-electron chi connectivity index (χ1n) is 7.48. The van der Waals surface area contributed by atoms with E-state index in [-0.39, 0.29) is 12.7 Å². The maximum absolute atomic E-state index is 10.9. The standard InChI is InChI=1S/C15H23ClO3/c16-9-14(17)19-10-18-2-1-15-6-11-3-12(7-15)5-13(4-11)8-15/h11-13H,1-10H2. The second kappa shape index (κ2) is 5.61. The molecule has 4 aliphatic carbocycles. The van der Waals surface area contributed by atoms with E-state index in [4.69, 9.17) is 21.1 Å². The fraction of sp³-hybridized carbons (Fsp3) is 0.933. The lowest BCUT2D eigenvalue weighted by Crippen LogP contribution is -2.46. The van der Waals surface area contributed by atoms with E-state index in [0.29, 0.717) is 12.0 Å². The number of halogens is 1. The zero-order valence-electron chi connectivity index (χ0n) is 11.4. The summed E-state index contributed by atoms with van der Waals surface area (Å²) >= 11 is 5.35. The summed E-state index contributed by atoms with van der Waals surface area (Å²) in [5.74, 6) is 2.45. The monoisotopic (exact) mass is 286 g/mol. The van der Waals surface area contributed by atoms with Crippen LogP contribution in [0.3, 0.4) is 0 Å². The minimum atomic E-state index is -0.406. The van der Waals surface area contributed by atoms with Crippen molar-refractivity contribution in [3.63, 3.8) is 0 Å². The van der Waals surface area contributed by atoms with E-state index >= 15 is 0 Å². The van der Waals surface area contributed by atoms with Gasteiger partial charge < -0.3 is 9.47 Å². The molecule has 108 valence electrons. The highest BCUT2D eigenvalue weighted by molar-refractivity contribution is 6.26. The zero-order valence-corrected chi connectivity index (χ0v) is 12.2. The van der Waals surface area contributed by atoms with Gasteiger partial charge in [-0.25, -0.2) is 0 Å². The molecule has 0 aromatic heterocycles. The Labute approximate surface area is 120 Å². The van der Waals surface area contributed by atoms with Gasteiger partial charge in [-0.2, -0.15) is 0 Å². The first kappa shape index (κ1) is 13.7. The molecule has 0 saturated heterocycles. The molecule has 0 N–H and O–H groups in total. The molecule has 19 heavy (non-hydrogen) atoms. The van der Waals surface area contributed by atoms with Gasteiger partial charge in [-0.15, -0.1) is 11.6 Å². The molecular formula is C15H23ClO3. The van der Waals surface area contributed by atoms with Crippen molar-refractivity contribution < 1.29 is 14.3 Å². The zero-order chi connectivity index (χ0) is 13.3. The van der Waals surface area contributed by atoms with Crippen LogP contribution in [0.4, 0.5) is 0 Å². The number of carbonyl (C=O) groups is 1. The summed E-state index contributed by atoms with van der Waals surface area (Å²) in [5, 5.41) is 0. The fourth-order valence-electron chi connectivity index (χ4n) is 5.09. The van der Waals surface area contributed by atoms with Crippen LogP contribution in [0.15, 0.2) is 0 Å². The van der Waals surface area contributed by atoms with Gasteiger partial charge in [-0.05, 0) is 68.1 Å². The Morgan fingerprint density at radius 3 is 2.21 bits per heavy atom. The highest BCUT2D eigenvalue weighted by Gasteiger charge is 2.50. The molecule has 3 nitrogen and oxygen atoms in total. The summed E-state index contributed by atoms with van der Waals surface area (Å²) in [6.45, 7) is 0.764. The molecule has 4 rings (SSSR count). The molecule has 0 heterocycles. The van der Waals surface area contributed by atoms with Crippen molar-refractivity contribution in [3.05, 3.63) is 0 Å². The number of esters is 1. The van der Waals surface area contributed by atoms with Crippen LogP contribution in [0.2, 0.25) is 0 Å². The average Bonchev–Trinajstić information content (AvgIpc) is 2.36. The van der Waals surface area contributed by atoms with Crippen LogP contribution in [-0.4, -0.2) is 25.2 Å². The Kier molecular flexibility index (Phi) is 4.04. The molecule has 0 radical (unpaired) electrons. The molecule has 4 aliphatic rings. The van der Waals surface area contributed by atoms with Crippen LogP contribution in [0, 0.1) is 23.2 Å². The number of alkyl halides is 1. The number of ether oxygens (including phenoxy) is 2. The Bertz CT molecular complexity index is 307. The molecule has 0 aromatic rings. The Morgan fingerprint density at radius 1 is 1.11 bits per heavy atom. The van der Waals surface area contributed by atoms with Crippen LogP contribution in [-0.2, 0) is 14.3 Å². The first-order valence-corrected chi connectivity index (χ1v) is 8.02. The van der Waals surface area contributed by atoms with E-state index in [1.807, 2.05) is 0 Å².